The summed E-state index contributed by atoms with van der Waals surface area (Å²) in [6, 6.07) is 9.41. The van der Waals surface area contributed by atoms with Gasteiger partial charge in [0.05, 0.1) is 24.7 Å². The Hall–Kier alpha value is -1.41. The number of morpholine rings is 1. The molecule has 124 valence electrons. The summed E-state index contributed by atoms with van der Waals surface area (Å²) in [5.74, 6) is 0.793. The van der Waals surface area contributed by atoms with Crippen LogP contribution in [0.3, 0.4) is 0 Å². The normalized spacial score (nSPS) is 19.6. The van der Waals surface area contributed by atoms with Gasteiger partial charge in [-0.05, 0) is 29.1 Å². The Morgan fingerprint density at radius 1 is 1.39 bits per heavy atom. The van der Waals surface area contributed by atoms with Crippen molar-refractivity contribution < 1.29 is 17.9 Å². The summed E-state index contributed by atoms with van der Waals surface area (Å²) in [5.41, 5.74) is 1.07. The average Bonchev–Trinajstić information content (AvgIpc) is 3.10. The molecule has 7 heteroatoms. The minimum atomic E-state index is -3.42. The molecule has 0 radical (unpaired) electrons. The highest BCUT2D eigenvalue weighted by atomic mass is 32.2. The lowest BCUT2D eigenvalue weighted by molar-refractivity contribution is -0.000505. The second-order valence-corrected chi connectivity index (χ2v) is 8.09. The first-order chi connectivity index (χ1) is 11.1. The smallest absolute Gasteiger partial charge is 0.244 e. The summed E-state index contributed by atoms with van der Waals surface area (Å²) in [6.45, 7) is 1.18. The Bertz CT molecular complexity index is 743. The third-order valence-corrected chi connectivity index (χ3v) is 6.53. The van der Waals surface area contributed by atoms with Gasteiger partial charge in [-0.3, -0.25) is 0 Å². The van der Waals surface area contributed by atoms with E-state index in [1.54, 1.807) is 23.9 Å². The maximum atomic E-state index is 12.6. The molecule has 1 saturated heterocycles. The molecule has 1 aromatic carbocycles. The Labute approximate surface area is 140 Å². The van der Waals surface area contributed by atoms with E-state index in [1.807, 2.05) is 24.3 Å². The maximum absolute atomic E-state index is 12.6. The Kier molecular flexibility index (Phi) is 5.01. The highest BCUT2D eigenvalue weighted by molar-refractivity contribution is 7.89. The van der Waals surface area contributed by atoms with Crippen LogP contribution in [0.2, 0.25) is 0 Å². The van der Waals surface area contributed by atoms with Crippen LogP contribution < -0.4 is 4.74 Å². The van der Waals surface area contributed by atoms with Gasteiger partial charge in [-0.1, -0.05) is 12.1 Å². The lowest BCUT2D eigenvalue weighted by Crippen LogP contribution is -2.46. The fraction of sp³-hybridized carbons (Fsp3) is 0.375. The number of sulfonamides is 1. The van der Waals surface area contributed by atoms with Gasteiger partial charge in [-0.25, -0.2) is 8.42 Å². The predicted molar refractivity (Wildman–Crippen MR) is 89.5 cm³/mol. The van der Waals surface area contributed by atoms with E-state index < -0.39 is 10.0 Å². The van der Waals surface area contributed by atoms with Crippen LogP contribution in [0.1, 0.15) is 5.56 Å². The summed E-state index contributed by atoms with van der Waals surface area (Å²) < 4.78 is 37.7. The van der Waals surface area contributed by atoms with Crippen LogP contribution in [0.4, 0.5) is 0 Å². The predicted octanol–water partition coefficient (Wildman–Crippen LogP) is 2.39. The second-order valence-electron chi connectivity index (χ2n) is 5.37. The van der Waals surface area contributed by atoms with Crippen molar-refractivity contribution in [2.45, 2.75) is 17.4 Å². The van der Waals surface area contributed by atoms with E-state index in [0.717, 1.165) is 11.3 Å². The second kappa shape index (κ2) is 7.00. The highest BCUT2D eigenvalue weighted by Gasteiger charge is 2.31. The van der Waals surface area contributed by atoms with E-state index in [9.17, 15) is 8.42 Å². The van der Waals surface area contributed by atoms with Crippen LogP contribution in [-0.4, -0.2) is 45.6 Å². The molecule has 0 spiro atoms. The first-order valence-electron chi connectivity index (χ1n) is 7.36. The lowest BCUT2D eigenvalue weighted by Gasteiger charge is -2.32. The molecule has 0 aliphatic carbocycles. The van der Waals surface area contributed by atoms with Gasteiger partial charge < -0.3 is 9.47 Å². The molecule has 0 amide bonds. The van der Waals surface area contributed by atoms with Crippen molar-refractivity contribution in [3.05, 3.63) is 46.7 Å². The van der Waals surface area contributed by atoms with E-state index in [-0.39, 0.29) is 6.10 Å². The van der Waals surface area contributed by atoms with Crippen molar-refractivity contribution in [1.29, 1.82) is 0 Å². The van der Waals surface area contributed by atoms with Crippen LogP contribution in [0.15, 0.2) is 46.0 Å². The molecule has 2 aromatic rings. The molecule has 2 heterocycles. The van der Waals surface area contributed by atoms with Gasteiger partial charge in [0.25, 0.3) is 0 Å². The van der Waals surface area contributed by atoms with Crippen LogP contribution in [0.5, 0.6) is 5.75 Å². The van der Waals surface area contributed by atoms with E-state index in [2.05, 4.69) is 0 Å². The fourth-order valence-electron chi connectivity index (χ4n) is 2.64. The summed E-state index contributed by atoms with van der Waals surface area (Å²) in [7, 11) is -1.79. The first-order valence-corrected chi connectivity index (χ1v) is 9.75. The molecular formula is C16H19NO4S2. The van der Waals surface area contributed by atoms with Gasteiger partial charge >= 0.3 is 0 Å². The van der Waals surface area contributed by atoms with Crippen molar-refractivity contribution in [3.63, 3.8) is 0 Å². The number of ether oxygens (including phenoxy) is 2. The van der Waals surface area contributed by atoms with Gasteiger partial charge in [0.15, 0.2) is 0 Å². The van der Waals surface area contributed by atoms with E-state index >= 15 is 0 Å². The number of nitrogens with zero attached hydrogens (tertiary/aromatic N) is 1. The summed E-state index contributed by atoms with van der Waals surface area (Å²) in [5, 5.41) is 3.45. The summed E-state index contributed by atoms with van der Waals surface area (Å²) >= 11 is 1.39. The third kappa shape index (κ3) is 3.74. The zero-order valence-electron chi connectivity index (χ0n) is 12.8. The summed E-state index contributed by atoms with van der Waals surface area (Å²) in [6.07, 6.45) is 0.511. The van der Waals surface area contributed by atoms with Gasteiger partial charge in [-0.15, -0.1) is 0 Å². The summed E-state index contributed by atoms with van der Waals surface area (Å²) in [4.78, 5) is 0.365. The number of benzene rings is 1. The number of methoxy groups -OCH3 is 1. The molecule has 23 heavy (non-hydrogen) atoms. The van der Waals surface area contributed by atoms with Crippen molar-refractivity contribution in [1.82, 2.24) is 4.31 Å². The average molecular weight is 353 g/mol. The molecule has 3 rings (SSSR count). The molecule has 1 aromatic heterocycles. The van der Waals surface area contributed by atoms with Crippen molar-refractivity contribution >= 4 is 21.4 Å². The lowest BCUT2D eigenvalue weighted by atomic mass is 10.1. The molecule has 0 saturated carbocycles. The monoisotopic (exact) mass is 353 g/mol. The number of thiophene rings is 1. The fourth-order valence-corrected chi connectivity index (χ4v) is 5.12. The van der Waals surface area contributed by atoms with Gasteiger partial charge in [0.2, 0.25) is 10.0 Å². The standard InChI is InChI=1S/C16H19NO4S2/c1-20-14-4-2-3-13(9-14)10-15-11-17(6-7-21-15)23(18,19)16-5-8-22-12-16/h2-5,8-9,12,15H,6-7,10-11H2,1H3/t15-/m1/s1. The number of hydrogen-bond donors (Lipinski definition) is 0. The minimum absolute atomic E-state index is 0.149. The van der Waals surface area contributed by atoms with Crippen molar-refractivity contribution in [2.24, 2.45) is 0 Å². The largest absolute Gasteiger partial charge is 0.497 e. The van der Waals surface area contributed by atoms with E-state index in [1.165, 1.54) is 15.6 Å². The molecule has 0 unspecified atom stereocenters. The zero-order valence-corrected chi connectivity index (χ0v) is 14.5. The number of rotatable bonds is 5. The molecule has 1 aliphatic rings. The quantitative estimate of drug-likeness (QED) is 0.828. The van der Waals surface area contributed by atoms with Gasteiger partial charge in [0, 0.05) is 24.9 Å². The third-order valence-electron chi connectivity index (χ3n) is 3.83. The molecule has 0 bridgehead atoms. The van der Waals surface area contributed by atoms with Gasteiger partial charge in [-0.2, -0.15) is 15.6 Å². The molecule has 5 nitrogen and oxygen atoms in total. The topological polar surface area (TPSA) is 55.8 Å². The van der Waals surface area contributed by atoms with Crippen LogP contribution in [0.25, 0.3) is 0 Å². The molecule has 1 fully saturated rings. The molecule has 1 aliphatic heterocycles. The van der Waals surface area contributed by atoms with Crippen LogP contribution in [0, 0.1) is 0 Å². The van der Waals surface area contributed by atoms with E-state index in [4.69, 9.17) is 9.47 Å². The van der Waals surface area contributed by atoms with Crippen molar-refractivity contribution in [3.8, 4) is 5.75 Å². The minimum Gasteiger partial charge on any atom is -0.497 e. The molecule has 1 atom stereocenters. The van der Waals surface area contributed by atoms with E-state index in [0.29, 0.717) is 31.0 Å². The molecular weight excluding hydrogens is 334 g/mol. The zero-order chi connectivity index (χ0) is 16.3. The SMILES string of the molecule is COc1cccc(C[C@@H]2CN(S(=O)(=O)c3ccsc3)CCO2)c1. The van der Waals surface area contributed by atoms with Gasteiger partial charge in [0.1, 0.15) is 5.75 Å². The maximum Gasteiger partial charge on any atom is 0.244 e. The Morgan fingerprint density at radius 2 is 2.26 bits per heavy atom. The Balaban J connectivity index is 1.71. The van der Waals surface area contributed by atoms with Crippen LogP contribution >= 0.6 is 11.3 Å². The number of hydrogen-bond acceptors (Lipinski definition) is 5. The molecule has 0 N–H and O–H groups in total. The Morgan fingerprint density at radius 3 is 3.00 bits per heavy atom. The highest BCUT2D eigenvalue weighted by Crippen LogP contribution is 2.22. The van der Waals surface area contributed by atoms with Crippen LogP contribution in [-0.2, 0) is 21.2 Å². The van der Waals surface area contributed by atoms with Crippen molar-refractivity contribution in [2.75, 3.05) is 26.8 Å². The first kappa shape index (κ1) is 16.4.